The van der Waals surface area contributed by atoms with Crippen molar-refractivity contribution in [2.45, 2.75) is 0 Å². The van der Waals surface area contributed by atoms with Crippen LogP contribution in [0, 0.1) is 0 Å². The third-order valence-corrected chi connectivity index (χ3v) is 2.58. The maximum Gasteiger partial charge on any atom is 0.250 e. The molecule has 0 unspecified atom stereocenters. The molecular weight excluding hydrogens is 230 g/mol. The highest BCUT2D eigenvalue weighted by atomic mass is 79.9. The minimum atomic E-state index is -0.477. The molecule has 1 rings (SSSR count). The second-order valence-electron chi connectivity index (χ2n) is 1.84. The average Bonchev–Trinajstić information content (AvgIpc) is 2.35. The molecule has 0 saturated heterocycles. The summed E-state index contributed by atoms with van der Waals surface area (Å²) in [4.78, 5) is 10.6. The molecule has 3 nitrogen and oxygen atoms in total. The zero-order valence-electron chi connectivity index (χ0n) is 5.50. The molecule has 11 heavy (non-hydrogen) atoms. The minimum Gasteiger partial charge on any atom is -0.387 e. The van der Waals surface area contributed by atoms with Crippen LogP contribution in [-0.4, -0.2) is 17.6 Å². The fourth-order valence-corrected chi connectivity index (χ4v) is 1.89. The van der Waals surface area contributed by atoms with Gasteiger partial charge in [0.25, 0.3) is 5.91 Å². The summed E-state index contributed by atoms with van der Waals surface area (Å²) in [5.74, 6) is -0.389. The molecule has 0 spiro atoms. The fraction of sp³-hybridized carbons (Fsp3) is 0.167. The zero-order valence-corrected chi connectivity index (χ0v) is 7.91. The summed E-state index contributed by atoms with van der Waals surface area (Å²) in [6.07, 6.45) is 0. The SMILES string of the molecule is O=C(CO)Nc1cc(Br)cs1. The molecule has 1 heterocycles. The summed E-state index contributed by atoms with van der Waals surface area (Å²) >= 11 is 4.64. The molecule has 1 aromatic heterocycles. The number of aliphatic hydroxyl groups excluding tert-OH is 1. The molecule has 5 heteroatoms. The molecular formula is C6H6BrNO2S. The summed E-state index contributed by atoms with van der Waals surface area (Å²) in [6.45, 7) is -0.477. The number of thiophene rings is 1. The van der Waals surface area contributed by atoms with E-state index >= 15 is 0 Å². The standard InChI is InChI=1S/C6H6BrNO2S/c7-4-1-6(11-3-4)8-5(10)2-9/h1,3,9H,2H2,(H,8,10). The van der Waals surface area contributed by atoms with E-state index in [9.17, 15) is 4.79 Å². The molecule has 0 radical (unpaired) electrons. The number of carbonyl (C=O) groups is 1. The van der Waals surface area contributed by atoms with E-state index in [1.54, 1.807) is 6.07 Å². The first kappa shape index (κ1) is 8.70. The molecule has 0 bridgehead atoms. The predicted octanol–water partition coefficient (Wildman–Crippen LogP) is 1.44. The molecule has 0 atom stereocenters. The van der Waals surface area contributed by atoms with Crippen LogP contribution in [0.4, 0.5) is 5.00 Å². The number of hydrogen-bond donors (Lipinski definition) is 2. The van der Waals surface area contributed by atoms with Crippen molar-refractivity contribution in [1.29, 1.82) is 0 Å². The molecule has 60 valence electrons. The van der Waals surface area contributed by atoms with E-state index in [4.69, 9.17) is 5.11 Å². The topological polar surface area (TPSA) is 49.3 Å². The monoisotopic (exact) mass is 235 g/mol. The van der Waals surface area contributed by atoms with Crippen LogP contribution in [0.5, 0.6) is 0 Å². The normalized spacial score (nSPS) is 9.64. The van der Waals surface area contributed by atoms with Gasteiger partial charge in [-0.15, -0.1) is 11.3 Å². The van der Waals surface area contributed by atoms with Crippen molar-refractivity contribution in [2.24, 2.45) is 0 Å². The first-order chi connectivity index (χ1) is 5.22. The number of anilines is 1. The fourth-order valence-electron chi connectivity index (χ4n) is 0.556. The lowest BCUT2D eigenvalue weighted by atomic mass is 10.6. The first-order valence-electron chi connectivity index (χ1n) is 2.87. The smallest absolute Gasteiger partial charge is 0.250 e. The first-order valence-corrected chi connectivity index (χ1v) is 4.54. The van der Waals surface area contributed by atoms with E-state index in [2.05, 4.69) is 21.2 Å². The highest BCUT2D eigenvalue weighted by molar-refractivity contribution is 9.10. The van der Waals surface area contributed by atoms with Crippen LogP contribution in [0.2, 0.25) is 0 Å². The van der Waals surface area contributed by atoms with Gasteiger partial charge in [0, 0.05) is 9.85 Å². The number of amides is 1. The maximum absolute atomic E-state index is 10.6. The van der Waals surface area contributed by atoms with E-state index in [1.807, 2.05) is 5.38 Å². The number of rotatable bonds is 2. The molecule has 0 aliphatic rings. The van der Waals surface area contributed by atoms with Gasteiger partial charge in [0.15, 0.2) is 0 Å². The van der Waals surface area contributed by atoms with Crippen molar-refractivity contribution in [3.63, 3.8) is 0 Å². The summed E-state index contributed by atoms with van der Waals surface area (Å²) in [5.41, 5.74) is 0. The van der Waals surface area contributed by atoms with Crippen molar-refractivity contribution in [3.05, 3.63) is 15.9 Å². The molecule has 0 fully saturated rings. The Kier molecular flexibility index (Phi) is 3.04. The Hall–Kier alpha value is -0.390. The van der Waals surface area contributed by atoms with Crippen LogP contribution < -0.4 is 5.32 Å². The van der Waals surface area contributed by atoms with Crippen LogP contribution in [0.15, 0.2) is 15.9 Å². The predicted molar refractivity (Wildman–Crippen MR) is 47.7 cm³/mol. The molecule has 0 aliphatic carbocycles. The quantitative estimate of drug-likeness (QED) is 0.816. The summed E-state index contributed by atoms with van der Waals surface area (Å²) in [6, 6.07) is 1.78. The molecule has 1 aromatic rings. The van der Waals surface area contributed by atoms with Crippen LogP contribution in [0.1, 0.15) is 0 Å². The molecule has 0 aliphatic heterocycles. The van der Waals surface area contributed by atoms with E-state index in [-0.39, 0.29) is 5.91 Å². The maximum atomic E-state index is 10.6. The Morgan fingerprint density at radius 3 is 3.00 bits per heavy atom. The van der Waals surface area contributed by atoms with Gasteiger partial charge in [-0.2, -0.15) is 0 Å². The largest absolute Gasteiger partial charge is 0.387 e. The Morgan fingerprint density at radius 2 is 2.55 bits per heavy atom. The van der Waals surface area contributed by atoms with Crippen molar-refractivity contribution >= 4 is 38.2 Å². The van der Waals surface area contributed by atoms with Crippen molar-refractivity contribution in [1.82, 2.24) is 0 Å². The highest BCUT2D eigenvalue weighted by Gasteiger charge is 2.01. The lowest BCUT2D eigenvalue weighted by Crippen LogP contribution is -2.14. The third kappa shape index (κ3) is 2.61. The second kappa shape index (κ2) is 3.85. The third-order valence-electron chi connectivity index (χ3n) is 0.974. The number of nitrogens with one attached hydrogen (secondary N) is 1. The van der Waals surface area contributed by atoms with E-state index in [1.165, 1.54) is 11.3 Å². The summed E-state index contributed by atoms with van der Waals surface area (Å²) in [7, 11) is 0. The second-order valence-corrected chi connectivity index (χ2v) is 3.66. The van der Waals surface area contributed by atoms with Crippen LogP contribution in [0.25, 0.3) is 0 Å². The van der Waals surface area contributed by atoms with Gasteiger partial charge in [-0.25, -0.2) is 0 Å². The van der Waals surface area contributed by atoms with Crippen molar-refractivity contribution in [2.75, 3.05) is 11.9 Å². The lowest BCUT2D eigenvalue weighted by molar-refractivity contribution is -0.118. The van der Waals surface area contributed by atoms with Crippen LogP contribution >= 0.6 is 27.3 Å². The van der Waals surface area contributed by atoms with Crippen molar-refractivity contribution < 1.29 is 9.90 Å². The number of aliphatic hydroxyl groups is 1. The molecule has 2 N–H and O–H groups in total. The van der Waals surface area contributed by atoms with Gasteiger partial charge in [0.05, 0.1) is 5.00 Å². The van der Waals surface area contributed by atoms with Gasteiger partial charge in [0.1, 0.15) is 6.61 Å². The van der Waals surface area contributed by atoms with E-state index in [0.717, 1.165) is 9.47 Å². The van der Waals surface area contributed by atoms with E-state index in [0.29, 0.717) is 0 Å². The van der Waals surface area contributed by atoms with Gasteiger partial charge in [-0.3, -0.25) is 4.79 Å². The highest BCUT2D eigenvalue weighted by Crippen LogP contribution is 2.23. The van der Waals surface area contributed by atoms with Crippen LogP contribution in [-0.2, 0) is 4.79 Å². The average molecular weight is 236 g/mol. The number of carbonyl (C=O) groups excluding carboxylic acids is 1. The van der Waals surface area contributed by atoms with Gasteiger partial charge >= 0.3 is 0 Å². The molecule has 0 saturated carbocycles. The summed E-state index contributed by atoms with van der Waals surface area (Å²) in [5, 5.41) is 13.5. The van der Waals surface area contributed by atoms with Crippen LogP contribution in [0.3, 0.4) is 0 Å². The Bertz CT molecular complexity index is 261. The minimum absolute atomic E-state index is 0.389. The van der Waals surface area contributed by atoms with Gasteiger partial charge in [0.2, 0.25) is 0 Å². The molecule has 1 amide bonds. The summed E-state index contributed by atoms with van der Waals surface area (Å²) < 4.78 is 0.927. The van der Waals surface area contributed by atoms with Crippen molar-refractivity contribution in [3.8, 4) is 0 Å². The Morgan fingerprint density at radius 1 is 1.82 bits per heavy atom. The van der Waals surface area contributed by atoms with Gasteiger partial charge < -0.3 is 10.4 Å². The number of hydrogen-bond acceptors (Lipinski definition) is 3. The molecule has 0 aromatic carbocycles. The van der Waals surface area contributed by atoms with Gasteiger partial charge in [-0.1, -0.05) is 0 Å². The zero-order chi connectivity index (χ0) is 8.27. The Labute approximate surface area is 76.2 Å². The number of halogens is 1. The lowest BCUT2D eigenvalue weighted by Gasteiger charge is -1.95. The van der Waals surface area contributed by atoms with Gasteiger partial charge in [-0.05, 0) is 22.0 Å². The van der Waals surface area contributed by atoms with E-state index < -0.39 is 6.61 Å². The Balaban J connectivity index is 2.57.